The van der Waals surface area contributed by atoms with Crippen molar-refractivity contribution in [2.24, 2.45) is 0 Å². The number of nitro groups is 1. The molecule has 100 valence electrons. The van der Waals surface area contributed by atoms with Crippen LogP contribution in [0.5, 0.6) is 0 Å². The Morgan fingerprint density at radius 1 is 1.25 bits per heavy atom. The summed E-state index contributed by atoms with van der Waals surface area (Å²) < 4.78 is 13.9. The molecule has 0 heterocycles. The Kier molecular flexibility index (Phi) is 3.91. The fourth-order valence-electron chi connectivity index (χ4n) is 1.77. The number of para-hydroxylation sites is 1. The molecule has 0 bridgehead atoms. The number of anilines is 1. The molecular formula is C14H10FN3O2. The Hall–Kier alpha value is -2.94. The summed E-state index contributed by atoms with van der Waals surface area (Å²) in [7, 11) is 0. The molecule has 0 aliphatic rings. The number of hydrogen-bond donors (Lipinski definition) is 1. The summed E-state index contributed by atoms with van der Waals surface area (Å²) in [5.74, 6) is -0.862. The van der Waals surface area contributed by atoms with Gasteiger partial charge in [0, 0.05) is 18.2 Å². The topological polar surface area (TPSA) is 79.0 Å². The molecule has 0 saturated heterocycles. The van der Waals surface area contributed by atoms with Gasteiger partial charge in [-0.15, -0.1) is 0 Å². The molecule has 0 amide bonds. The molecule has 0 radical (unpaired) electrons. The van der Waals surface area contributed by atoms with E-state index in [-0.39, 0.29) is 12.1 Å². The van der Waals surface area contributed by atoms with E-state index >= 15 is 0 Å². The summed E-state index contributed by atoms with van der Waals surface area (Å²) in [5.41, 5.74) is 0.601. The van der Waals surface area contributed by atoms with Gasteiger partial charge in [-0.1, -0.05) is 24.3 Å². The fourth-order valence-corrected chi connectivity index (χ4v) is 1.77. The average molecular weight is 271 g/mol. The van der Waals surface area contributed by atoms with Gasteiger partial charge in [0.25, 0.3) is 0 Å². The van der Waals surface area contributed by atoms with E-state index in [2.05, 4.69) is 5.32 Å². The van der Waals surface area contributed by atoms with Crippen LogP contribution in [0.3, 0.4) is 0 Å². The smallest absolute Gasteiger partial charge is 0.305 e. The van der Waals surface area contributed by atoms with Crippen molar-refractivity contribution in [2.75, 3.05) is 5.32 Å². The maximum absolute atomic E-state index is 13.9. The largest absolute Gasteiger partial charge is 0.380 e. The second kappa shape index (κ2) is 5.80. The number of rotatable bonds is 4. The summed E-state index contributed by atoms with van der Waals surface area (Å²) in [6.07, 6.45) is 0. The highest BCUT2D eigenvalue weighted by atomic mass is 19.1. The SMILES string of the molecule is N#Cc1ccccc1NCc1cccc([N+](=O)[O-])c1F. The average Bonchev–Trinajstić information content (AvgIpc) is 2.46. The first-order valence-electron chi connectivity index (χ1n) is 5.78. The maximum Gasteiger partial charge on any atom is 0.305 e. The van der Waals surface area contributed by atoms with Crippen LogP contribution in [0.15, 0.2) is 42.5 Å². The van der Waals surface area contributed by atoms with Crippen LogP contribution in [0.4, 0.5) is 15.8 Å². The highest BCUT2D eigenvalue weighted by Gasteiger charge is 2.16. The van der Waals surface area contributed by atoms with Crippen LogP contribution in [-0.4, -0.2) is 4.92 Å². The zero-order valence-corrected chi connectivity index (χ0v) is 10.3. The van der Waals surface area contributed by atoms with Crippen LogP contribution in [0.2, 0.25) is 0 Å². The minimum Gasteiger partial charge on any atom is -0.380 e. The molecule has 5 nitrogen and oxygen atoms in total. The van der Waals surface area contributed by atoms with Crippen molar-refractivity contribution >= 4 is 11.4 Å². The van der Waals surface area contributed by atoms with Gasteiger partial charge < -0.3 is 5.32 Å². The second-order valence-corrected chi connectivity index (χ2v) is 4.02. The molecule has 6 heteroatoms. The number of nitrogens with zero attached hydrogens (tertiary/aromatic N) is 2. The van der Waals surface area contributed by atoms with Crippen LogP contribution in [0.1, 0.15) is 11.1 Å². The van der Waals surface area contributed by atoms with Gasteiger partial charge in [-0.05, 0) is 12.1 Å². The van der Waals surface area contributed by atoms with Gasteiger partial charge in [0.15, 0.2) is 0 Å². The van der Waals surface area contributed by atoms with Crippen molar-refractivity contribution in [2.45, 2.75) is 6.54 Å². The third-order valence-corrected chi connectivity index (χ3v) is 2.77. The van der Waals surface area contributed by atoms with Crippen LogP contribution in [0, 0.1) is 27.3 Å². The number of nitro benzene ring substituents is 1. The van der Waals surface area contributed by atoms with Crippen molar-refractivity contribution in [3.05, 3.63) is 69.5 Å². The van der Waals surface area contributed by atoms with E-state index in [4.69, 9.17) is 5.26 Å². The highest BCUT2D eigenvalue weighted by molar-refractivity contribution is 5.57. The highest BCUT2D eigenvalue weighted by Crippen LogP contribution is 2.22. The lowest BCUT2D eigenvalue weighted by Crippen LogP contribution is -2.05. The Morgan fingerprint density at radius 2 is 2.00 bits per heavy atom. The molecule has 2 aromatic carbocycles. The van der Waals surface area contributed by atoms with Crippen molar-refractivity contribution in [1.29, 1.82) is 5.26 Å². The molecule has 0 aliphatic carbocycles. The van der Waals surface area contributed by atoms with Gasteiger partial charge in [0.05, 0.1) is 16.2 Å². The van der Waals surface area contributed by atoms with Crippen LogP contribution >= 0.6 is 0 Å². The van der Waals surface area contributed by atoms with Crippen molar-refractivity contribution < 1.29 is 9.31 Å². The van der Waals surface area contributed by atoms with Gasteiger partial charge >= 0.3 is 5.69 Å². The number of benzene rings is 2. The first-order valence-corrected chi connectivity index (χ1v) is 5.78. The number of nitriles is 1. The molecule has 20 heavy (non-hydrogen) atoms. The maximum atomic E-state index is 13.9. The van der Waals surface area contributed by atoms with Gasteiger partial charge in [-0.25, -0.2) is 0 Å². The van der Waals surface area contributed by atoms with Crippen LogP contribution in [-0.2, 0) is 6.54 Å². The first-order chi connectivity index (χ1) is 9.63. The molecule has 2 aromatic rings. The summed E-state index contributed by atoms with van der Waals surface area (Å²) >= 11 is 0. The van der Waals surface area contributed by atoms with Gasteiger partial charge in [-0.2, -0.15) is 9.65 Å². The summed E-state index contributed by atoms with van der Waals surface area (Å²) in [6.45, 7) is 0.0617. The first kappa shape index (κ1) is 13.5. The second-order valence-electron chi connectivity index (χ2n) is 4.02. The zero-order chi connectivity index (χ0) is 14.5. The van der Waals surface area contributed by atoms with E-state index in [1.54, 1.807) is 24.3 Å². The van der Waals surface area contributed by atoms with E-state index in [1.165, 1.54) is 12.1 Å². The molecule has 2 rings (SSSR count). The molecule has 0 aliphatic heterocycles. The van der Waals surface area contributed by atoms with Crippen molar-refractivity contribution in [1.82, 2.24) is 0 Å². The normalized spacial score (nSPS) is 9.80. The molecular weight excluding hydrogens is 261 g/mol. The summed E-state index contributed by atoms with van der Waals surface area (Å²) in [5, 5.41) is 22.5. The third kappa shape index (κ3) is 2.72. The molecule has 0 fully saturated rings. The Labute approximate surface area is 114 Å². The lowest BCUT2D eigenvalue weighted by molar-refractivity contribution is -0.387. The standard InChI is InChI=1S/C14H10FN3O2/c15-14-11(5-3-7-13(14)18(19)20)9-17-12-6-2-1-4-10(12)8-16/h1-7,17H,9H2. The quantitative estimate of drug-likeness (QED) is 0.684. The molecule has 0 saturated carbocycles. The predicted molar refractivity (Wildman–Crippen MR) is 71.5 cm³/mol. The molecule has 0 spiro atoms. The number of hydrogen-bond acceptors (Lipinski definition) is 4. The van der Waals surface area contributed by atoms with E-state index in [0.717, 1.165) is 6.07 Å². The molecule has 0 unspecified atom stereocenters. The monoisotopic (exact) mass is 271 g/mol. The van der Waals surface area contributed by atoms with E-state index in [1.807, 2.05) is 6.07 Å². The summed E-state index contributed by atoms with van der Waals surface area (Å²) in [6, 6.07) is 12.8. The zero-order valence-electron chi connectivity index (χ0n) is 10.3. The van der Waals surface area contributed by atoms with Gasteiger partial charge in [0.2, 0.25) is 5.82 Å². The molecule has 1 N–H and O–H groups in total. The Morgan fingerprint density at radius 3 is 2.70 bits per heavy atom. The van der Waals surface area contributed by atoms with E-state index < -0.39 is 16.4 Å². The lowest BCUT2D eigenvalue weighted by atomic mass is 10.1. The summed E-state index contributed by atoms with van der Waals surface area (Å²) in [4.78, 5) is 9.89. The van der Waals surface area contributed by atoms with Crippen molar-refractivity contribution in [3.8, 4) is 6.07 Å². The number of nitrogens with one attached hydrogen (secondary N) is 1. The predicted octanol–water partition coefficient (Wildman–Crippen LogP) is 3.22. The minimum atomic E-state index is -0.862. The van der Waals surface area contributed by atoms with Crippen molar-refractivity contribution in [3.63, 3.8) is 0 Å². The van der Waals surface area contributed by atoms with E-state index in [0.29, 0.717) is 11.3 Å². The lowest BCUT2D eigenvalue weighted by Gasteiger charge is -2.08. The third-order valence-electron chi connectivity index (χ3n) is 2.77. The van der Waals surface area contributed by atoms with Crippen LogP contribution in [0.25, 0.3) is 0 Å². The van der Waals surface area contributed by atoms with Gasteiger partial charge in [0.1, 0.15) is 6.07 Å². The Balaban J connectivity index is 2.22. The number of halogens is 1. The fraction of sp³-hybridized carbons (Fsp3) is 0.0714. The Bertz CT molecular complexity index is 695. The van der Waals surface area contributed by atoms with E-state index in [9.17, 15) is 14.5 Å². The van der Waals surface area contributed by atoms with Crippen LogP contribution < -0.4 is 5.32 Å². The molecule has 0 aromatic heterocycles. The minimum absolute atomic E-state index is 0.0617. The van der Waals surface area contributed by atoms with Gasteiger partial charge in [-0.3, -0.25) is 10.1 Å². The molecule has 0 atom stereocenters.